The quantitative estimate of drug-likeness (QED) is 0.619. The molecule has 0 saturated carbocycles. The number of carbonyl (C=O) groups excluding carboxylic acids is 2. The SMILES string of the molecule is CSCCC(NC(=O)c1ccccc1)C(=O)NCc1ccc(C(=O)O)o1. The molecule has 0 saturated heterocycles. The van der Waals surface area contributed by atoms with Gasteiger partial charge in [0.25, 0.3) is 5.91 Å². The molecule has 138 valence electrons. The molecule has 0 aliphatic rings. The average Bonchev–Trinajstić information content (AvgIpc) is 3.13. The minimum absolute atomic E-state index is 0.0447. The molecule has 0 bridgehead atoms. The molecule has 1 atom stereocenters. The van der Waals surface area contributed by atoms with Gasteiger partial charge in [0.05, 0.1) is 6.54 Å². The van der Waals surface area contributed by atoms with Crippen molar-refractivity contribution in [1.29, 1.82) is 0 Å². The molecule has 0 aliphatic carbocycles. The average molecular weight is 376 g/mol. The highest BCUT2D eigenvalue weighted by atomic mass is 32.2. The number of aromatic carboxylic acids is 1. The van der Waals surface area contributed by atoms with Gasteiger partial charge in [-0.25, -0.2) is 4.79 Å². The van der Waals surface area contributed by atoms with Gasteiger partial charge in [-0.05, 0) is 42.7 Å². The van der Waals surface area contributed by atoms with Crippen LogP contribution in [0.4, 0.5) is 0 Å². The molecular weight excluding hydrogens is 356 g/mol. The Labute approximate surface area is 155 Å². The van der Waals surface area contributed by atoms with Gasteiger partial charge in [0.2, 0.25) is 11.7 Å². The lowest BCUT2D eigenvalue weighted by Gasteiger charge is -2.18. The number of furan rings is 1. The monoisotopic (exact) mass is 376 g/mol. The van der Waals surface area contributed by atoms with Gasteiger partial charge in [0.15, 0.2) is 0 Å². The summed E-state index contributed by atoms with van der Waals surface area (Å²) in [5.41, 5.74) is 0.478. The first-order valence-electron chi connectivity index (χ1n) is 7.96. The fraction of sp³-hybridized carbons (Fsp3) is 0.278. The molecule has 2 amide bonds. The van der Waals surface area contributed by atoms with E-state index in [-0.39, 0.29) is 24.1 Å². The second kappa shape index (κ2) is 9.67. The molecule has 0 fully saturated rings. The zero-order valence-electron chi connectivity index (χ0n) is 14.2. The van der Waals surface area contributed by atoms with E-state index in [0.29, 0.717) is 23.5 Å². The van der Waals surface area contributed by atoms with E-state index < -0.39 is 12.0 Å². The standard InChI is InChI=1S/C18H20N2O5S/c1-26-10-9-14(20-16(21)12-5-3-2-4-6-12)17(22)19-11-13-7-8-15(25-13)18(23)24/h2-8,14H,9-11H2,1H3,(H,19,22)(H,20,21)(H,23,24). The lowest BCUT2D eigenvalue weighted by Crippen LogP contribution is -2.46. The van der Waals surface area contributed by atoms with Crippen molar-refractivity contribution in [3.63, 3.8) is 0 Å². The van der Waals surface area contributed by atoms with Crippen molar-refractivity contribution in [3.05, 3.63) is 59.5 Å². The van der Waals surface area contributed by atoms with Crippen molar-refractivity contribution < 1.29 is 23.9 Å². The maximum atomic E-state index is 12.4. The van der Waals surface area contributed by atoms with E-state index in [0.717, 1.165) is 0 Å². The molecule has 2 aromatic rings. The second-order valence-electron chi connectivity index (χ2n) is 5.46. The predicted octanol–water partition coefficient (Wildman–Crippen LogP) is 2.15. The molecule has 1 heterocycles. The van der Waals surface area contributed by atoms with Gasteiger partial charge in [-0.15, -0.1) is 0 Å². The van der Waals surface area contributed by atoms with Crippen molar-refractivity contribution in [2.75, 3.05) is 12.0 Å². The number of carboxylic acid groups (broad SMARTS) is 1. The summed E-state index contributed by atoms with van der Waals surface area (Å²) in [7, 11) is 0. The van der Waals surface area contributed by atoms with Crippen molar-refractivity contribution in [1.82, 2.24) is 10.6 Å². The summed E-state index contributed by atoms with van der Waals surface area (Å²) in [6.45, 7) is 0.0447. The number of hydrogen-bond acceptors (Lipinski definition) is 5. The van der Waals surface area contributed by atoms with Crippen LogP contribution in [0.3, 0.4) is 0 Å². The summed E-state index contributed by atoms with van der Waals surface area (Å²) in [4.78, 5) is 35.5. The number of amides is 2. The molecule has 0 spiro atoms. The first-order valence-corrected chi connectivity index (χ1v) is 9.35. The number of carbonyl (C=O) groups is 3. The van der Waals surface area contributed by atoms with Gasteiger partial charge in [-0.3, -0.25) is 9.59 Å². The minimum atomic E-state index is -1.17. The first kappa shape index (κ1) is 19.6. The van der Waals surface area contributed by atoms with E-state index in [1.165, 1.54) is 12.1 Å². The van der Waals surface area contributed by atoms with Gasteiger partial charge >= 0.3 is 5.97 Å². The topological polar surface area (TPSA) is 109 Å². The molecule has 26 heavy (non-hydrogen) atoms. The Morgan fingerprint density at radius 2 is 1.88 bits per heavy atom. The molecule has 3 N–H and O–H groups in total. The molecule has 1 unspecified atom stereocenters. The highest BCUT2D eigenvalue weighted by Crippen LogP contribution is 2.08. The van der Waals surface area contributed by atoms with Gasteiger partial charge < -0.3 is 20.2 Å². The Bertz CT molecular complexity index is 760. The molecule has 1 aromatic heterocycles. The van der Waals surface area contributed by atoms with Gasteiger partial charge in [-0.1, -0.05) is 18.2 Å². The third-order valence-electron chi connectivity index (χ3n) is 3.58. The normalized spacial score (nSPS) is 11.6. The van der Waals surface area contributed by atoms with E-state index in [4.69, 9.17) is 9.52 Å². The number of rotatable bonds is 9. The molecular formula is C18H20N2O5S. The lowest BCUT2D eigenvalue weighted by molar-refractivity contribution is -0.123. The molecule has 1 aromatic carbocycles. The lowest BCUT2D eigenvalue weighted by atomic mass is 10.1. The summed E-state index contributed by atoms with van der Waals surface area (Å²) in [6.07, 6.45) is 2.40. The Hall–Kier alpha value is -2.74. The van der Waals surface area contributed by atoms with Gasteiger partial charge in [0.1, 0.15) is 11.8 Å². The number of carboxylic acids is 1. The summed E-state index contributed by atoms with van der Waals surface area (Å²) in [5, 5.41) is 14.2. The molecule has 7 nitrogen and oxygen atoms in total. The third-order valence-corrected chi connectivity index (χ3v) is 4.22. The fourth-order valence-corrected chi connectivity index (χ4v) is 2.69. The number of thioether (sulfide) groups is 1. The Morgan fingerprint density at radius 1 is 1.15 bits per heavy atom. The zero-order valence-corrected chi connectivity index (χ0v) is 15.0. The van der Waals surface area contributed by atoms with Crippen LogP contribution in [0.5, 0.6) is 0 Å². The third kappa shape index (κ3) is 5.66. The van der Waals surface area contributed by atoms with E-state index in [1.54, 1.807) is 36.0 Å². The predicted molar refractivity (Wildman–Crippen MR) is 98.2 cm³/mol. The van der Waals surface area contributed by atoms with Crippen LogP contribution in [0.2, 0.25) is 0 Å². The molecule has 2 rings (SSSR count). The van der Waals surface area contributed by atoms with Crippen LogP contribution in [0.1, 0.15) is 33.1 Å². The van der Waals surface area contributed by atoms with Crippen LogP contribution in [-0.4, -0.2) is 40.9 Å². The number of hydrogen-bond donors (Lipinski definition) is 3. The Morgan fingerprint density at radius 3 is 2.50 bits per heavy atom. The molecule has 0 aliphatic heterocycles. The highest BCUT2D eigenvalue weighted by Gasteiger charge is 2.21. The van der Waals surface area contributed by atoms with Gasteiger partial charge in [-0.2, -0.15) is 11.8 Å². The molecule has 0 radical (unpaired) electrons. The first-order chi connectivity index (χ1) is 12.5. The van der Waals surface area contributed by atoms with E-state index in [1.807, 2.05) is 12.3 Å². The van der Waals surface area contributed by atoms with Crippen LogP contribution in [0, 0.1) is 0 Å². The van der Waals surface area contributed by atoms with Crippen LogP contribution in [0.25, 0.3) is 0 Å². The largest absolute Gasteiger partial charge is 0.475 e. The fourth-order valence-electron chi connectivity index (χ4n) is 2.22. The zero-order chi connectivity index (χ0) is 18.9. The van der Waals surface area contributed by atoms with Crippen LogP contribution < -0.4 is 10.6 Å². The van der Waals surface area contributed by atoms with Crippen molar-refractivity contribution in [2.45, 2.75) is 19.0 Å². The maximum Gasteiger partial charge on any atom is 0.371 e. The van der Waals surface area contributed by atoms with Crippen LogP contribution in [0.15, 0.2) is 46.9 Å². The summed E-state index contributed by atoms with van der Waals surface area (Å²) < 4.78 is 5.10. The van der Waals surface area contributed by atoms with E-state index in [9.17, 15) is 14.4 Å². The Kier molecular flexibility index (Phi) is 7.28. The molecule has 8 heteroatoms. The summed E-state index contributed by atoms with van der Waals surface area (Å²) in [6, 6.07) is 10.8. The number of nitrogens with one attached hydrogen (secondary N) is 2. The highest BCUT2D eigenvalue weighted by molar-refractivity contribution is 7.98. The Balaban J connectivity index is 1.96. The van der Waals surface area contributed by atoms with Gasteiger partial charge in [0, 0.05) is 5.56 Å². The van der Waals surface area contributed by atoms with Crippen molar-refractivity contribution in [2.24, 2.45) is 0 Å². The van der Waals surface area contributed by atoms with Crippen molar-refractivity contribution >= 4 is 29.5 Å². The number of benzene rings is 1. The van der Waals surface area contributed by atoms with E-state index >= 15 is 0 Å². The smallest absolute Gasteiger partial charge is 0.371 e. The minimum Gasteiger partial charge on any atom is -0.475 e. The maximum absolute atomic E-state index is 12.4. The summed E-state index contributed by atoms with van der Waals surface area (Å²) in [5.74, 6) is -0.999. The van der Waals surface area contributed by atoms with Crippen LogP contribution >= 0.6 is 11.8 Å². The van der Waals surface area contributed by atoms with E-state index in [2.05, 4.69) is 10.6 Å². The van der Waals surface area contributed by atoms with Crippen molar-refractivity contribution in [3.8, 4) is 0 Å². The second-order valence-corrected chi connectivity index (χ2v) is 6.45. The van der Waals surface area contributed by atoms with Crippen LogP contribution in [-0.2, 0) is 11.3 Å². The summed E-state index contributed by atoms with van der Waals surface area (Å²) >= 11 is 1.58.